The predicted molar refractivity (Wildman–Crippen MR) is 446 cm³/mol. The minimum Gasteiger partial charge on any atom is -0.369 e. The molecule has 0 radical (unpaired) electrons. The number of unbranched alkanes of at least 4 members (excludes halogenated alkanes) is 2. The van der Waals surface area contributed by atoms with Crippen LogP contribution in [0.25, 0.3) is 0 Å². The molecule has 5 aromatic carbocycles. The molecule has 5 saturated heterocycles. The van der Waals surface area contributed by atoms with E-state index in [9.17, 15) is 0 Å². The van der Waals surface area contributed by atoms with Crippen molar-refractivity contribution in [1.29, 1.82) is 0 Å². The lowest BCUT2D eigenvalue weighted by atomic mass is 10.1. The average Bonchev–Trinajstić information content (AvgIpc) is 1.12. The third kappa shape index (κ3) is 34.8. The number of hydrogen-bond donors (Lipinski definition) is 5. The van der Waals surface area contributed by atoms with Crippen LogP contribution in [-0.4, -0.2) is 214 Å². The molecule has 25 heteroatoms. The van der Waals surface area contributed by atoms with Gasteiger partial charge in [0, 0.05) is 158 Å². The molecule has 5 aromatic rings. The van der Waals surface area contributed by atoms with Crippen molar-refractivity contribution in [2.24, 2.45) is 22.9 Å². The molecule has 14 nitrogen and oxygen atoms in total. The van der Waals surface area contributed by atoms with Crippen molar-refractivity contribution in [2.75, 3.05) is 218 Å². The largest absolute Gasteiger partial charge is 0.369 e. The molecule has 5 aliphatic rings. The molecule has 10 rings (SSSR count). The van der Waals surface area contributed by atoms with E-state index in [0.717, 1.165) is 235 Å². The topological polar surface area (TPSA) is 145 Å². The van der Waals surface area contributed by atoms with Crippen LogP contribution in [0.1, 0.15) is 76.3 Å². The summed E-state index contributed by atoms with van der Waals surface area (Å²) < 4.78 is 0. The first-order valence-electron chi connectivity index (χ1n) is 34.5. The van der Waals surface area contributed by atoms with Gasteiger partial charge in [0.05, 0.1) is 47.2 Å². The van der Waals surface area contributed by atoms with Gasteiger partial charge in [0.1, 0.15) is 0 Å². The van der Waals surface area contributed by atoms with E-state index in [0.29, 0.717) is 30.1 Å². The number of benzene rings is 5. The molecule has 0 aliphatic carbocycles. The second kappa shape index (κ2) is 55.1. The summed E-state index contributed by atoms with van der Waals surface area (Å²) in [7, 11) is 0. The maximum atomic E-state index is 6.26. The van der Waals surface area contributed by atoms with Gasteiger partial charge in [0.15, 0.2) is 0 Å². The van der Waals surface area contributed by atoms with Crippen LogP contribution >= 0.6 is 142 Å². The van der Waals surface area contributed by atoms with Gasteiger partial charge in [-0.2, -0.15) is 0 Å². The number of nitrogens with two attached hydrogens (primary N) is 4. The second-order valence-corrected chi connectivity index (χ2v) is 28.5. The predicted octanol–water partition coefficient (Wildman–Crippen LogP) is 16.3. The first-order valence-corrected chi connectivity index (χ1v) is 39.4. The number of hydrogen-bond acceptors (Lipinski definition) is 14. The SMILES string of the molecule is Br.CCCCBr.CCCCN1CCN(c2cccc(Cl)c2Cl)CC1.Cc1cccc(N2CCN(CCCN)CC2)c1C.Cl.Clc1cccc(N2CCNCC2)c1Cl.NCCCBr.NCCCN1CCN(c2cccc(Cl)c2)CC1.NCCCN1CCN(c2cccc(Cl)c2Cl)CC1. The smallest absolute Gasteiger partial charge is 0.0825 e. The van der Waals surface area contributed by atoms with E-state index in [1.807, 2.05) is 66.7 Å². The molecule has 0 unspecified atom stereocenters. The van der Waals surface area contributed by atoms with Crippen molar-refractivity contribution < 1.29 is 0 Å². The number of rotatable bonds is 21. The van der Waals surface area contributed by atoms with Gasteiger partial charge >= 0.3 is 0 Å². The molecule has 0 saturated carbocycles. The van der Waals surface area contributed by atoms with E-state index in [1.54, 1.807) is 0 Å². The Kier molecular flexibility index (Phi) is 52.0. The Hall–Kier alpha value is -1.50. The minimum absolute atomic E-state index is 0. The Morgan fingerprint density at radius 1 is 0.381 bits per heavy atom. The van der Waals surface area contributed by atoms with Gasteiger partial charge < -0.3 is 52.8 Å². The number of aryl methyl sites for hydroxylation is 1. The molecular weight excluding hydrogens is 1580 g/mol. The first kappa shape index (κ1) is 91.6. The maximum Gasteiger partial charge on any atom is 0.0825 e. The zero-order valence-electron chi connectivity index (χ0n) is 58.2. The van der Waals surface area contributed by atoms with Gasteiger partial charge in [0.2, 0.25) is 0 Å². The highest BCUT2D eigenvalue weighted by atomic mass is 79.9. The number of nitrogens with one attached hydrogen (secondary N) is 1. The van der Waals surface area contributed by atoms with Crippen LogP contribution < -0.4 is 52.8 Å². The highest BCUT2D eigenvalue weighted by molar-refractivity contribution is 9.09. The lowest BCUT2D eigenvalue weighted by molar-refractivity contribution is 0.254. The van der Waals surface area contributed by atoms with Gasteiger partial charge in [-0.15, -0.1) is 29.4 Å². The molecule has 0 amide bonds. The summed E-state index contributed by atoms with van der Waals surface area (Å²) >= 11 is 49.3. The fourth-order valence-electron chi connectivity index (χ4n) is 11.3. The number of halogens is 11. The van der Waals surface area contributed by atoms with E-state index in [1.165, 1.54) is 54.7 Å². The van der Waals surface area contributed by atoms with Crippen LogP contribution in [0.2, 0.25) is 35.2 Å². The molecule has 5 aliphatic heterocycles. The molecule has 5 fully saturated rings. The van der Waals surface area contributed by atoms with Gasteiger partial charge in [0.25, 0.3) is 0 Å². The molecule has 5 heterocycles. The summed E-state index contributed by atoms with van der Waals surface area (Å²) in [5.74, 6) is 0. The lowest BCUT2D eigenvalue weighted by Gasteiger charge is -2.37. The maximum absolute atomic E-state index is 6.26. The van der Waals surface area contributed by atoms with E-state index >= 15 is 0 Å². The first-order chi connectivity index (χ1) is 46.1. The fourth-order valence-corrected chi connectivity index (χ4v) is 13.6. The molecule has 0 spiro atoms. The van der Waals surface area contributed by atoms with Gasteiger partial charge in [-0.25, -0.2) is 0 Å². The van der Waals surface area contributed by atoms with Crippen molar-refractivity contribution in [3.8, 4) is 0 Å². The molecule has 0 bridgehead atoms. The van der Waals surface area contributed by atoms with Crippen LogP contribution in [0, 0.1) is 13.8 Å². The molecule has 97 heavy (non-hydrogen) atoms. The van der Waals surface area contributed by atoms with Crippen molar-refractivity contribution in [1.82, 2.24) is 24.9 Å². The molecule has 9 N–H and O–H groups in total. The third-order valence-corrected chi connectivity index (χ3v) is 21.0. The minimum atomic E-state index is 0. The highest BCUT2D eigenvalue weighted by Crippen LogP contribution is 2.35. The lowest BCUT2D eigenvalue weighted by Crippen LogP contribution is -2.47. The summed E-state index contributed by atoms with van der Waals surface area (Å²) in [6.45, 7) is 37.9. The Balaban J connectivity index is 0.000000397. The standard InChI is InChI=1S/C15H25N3.C14H20Cl2N2.C13H19Cl2N3.C13H20ClN3.C10H12Cl2N2.C4H9Br.C3H8BrN.BrH.ClH/c1-13-5-3-6-15(14(13)2)18-11-9-17(10-12-18)8-4-7-16;1-2-3-7-17-8-10-18(11-9-17)13-6-4-5-12(15)14(13)16;14-11-3-1-4-12(13(11)15)18-9-7-17(8-10-18)6-2-5-16;14-12-3-1-4-13(11-12)17-9-7-16(8-10-17)6-2-5-15;11-8-2-1-3-9(10(8)12)14-6-4-13-5-7-14;1-2-3-4-5;4-2-1-3-5;;/h3,5-6H,4,7-12,16H2,1-2H3;4-6H,2-3,7-11H2,1H3;1,3-4H,2,5-10,16H2;1,3-4,11H,2,5-10,15H2;1-3,13H,4-7H2;2-4H2,1H3;1-3,5H2;2*1H. The average molecular weight is 1700 g/mol. The Bertz CT molecular complexity index is 2620. The van der Waals surface area contributed by atoms with Crippen LogP contribution in [0.5, 0.6) is 0 Å². The van der Waals surface area contributed by atoms with E-state index in [4.69, 9.17) is 104 Å². The summed E-state index contributed by atoms with van der Waals surface area (Å²) in [5, 5.41) is 10.2. The van der Waals surface area contributed by atoms with E-state index in [2.05, 4.69) is 139 Å². The normalized spacial score (nSPS) is 15.9. The number of alkyl halides is 2. The Morgan fingerprint density at radius 3 is 1.03 bits per heavy atom. The third-order valence-electron chi connectivity index (χ3n) is 17.2. The zero-order valence-corrected chi connectivity index (χ0v) is 69.2. The monoisotopic (exact) mass is 1690 g/mol. The van der Waals surface area contributed by atoms with Crippen LogP contribution in [0.3, 0.4) is 0 Å². The Morgan fingerprint density at radius 2 is 0.701 bits per heavy atom. The fraction of sp³-hybridized carbons (Fsp3) is 0.583. The van der Waals surface area contributed by atoms with Gasteiger partial charge in [-0.1, -0.05) is 176 Å². The highest BCUT2D eigenvalue weighted by Gasteiger charge is 2.23. The van der Waals surface area contributed by atoms with Gasteiger partial charge in [-0.05, 0) is 177 Å². The van der Waals surface area contributed by atoms with Crippen LogP contribution in [0.15, 0.2) is 97.1 Å². The van der Waals surface area contributed by atoms with Gasteiger partial charge in [-0.3, -0.25) is 19.6 Å². The van der Waals surface area contributed by atoms with Crippen LogP contribution in [-0.2, 0) is 0 Å². The summed E-state index contributed by atoms with van der Waals surface area (Å²) in [4.78, 5) is 21.8. The quantitative estimate of drug-likeness (QED) is 0.0444. The van der Waals surface area contributed by atoms with E-state index in [-0.39, 0.29) is 29.4 Å². The Labute approximate surface area is 653 Å². The summed E-state index contributed by atoms with van der Waals surface area (Å²) in [6.07, 6.45) is 9.52. The molecule has 550 valence electrons. The van der Waals surface area contributed by atoms with Crippen molar-refractivity contribution in [2.45, 2.75) is 79.1 Å². The number of anilines is 5. The van der Waals surface area contributed by atoms with Crippen molar-refractivity contribution >= 4 is 171 Å². The van der Waals surface area contributed by atoms with Crippen molar-refractivity contribution in [3.63, 3.8) is 0 Å². The van der Waals surface area contributed by atoms with Crippen molar-refractivity contribution in [3.05, 3.63) is 143 Å². The molecule has 0 atom stereocenters. The summed E-state index contributed by atoms with van der Waals surface area (Å²) in [5.41, 5.74) is 30.3. The number of nitrogens with zero attached hydrogens (tertiary/aromatic N) is 9. The summed E-state index contributed by atoms with van der Waals surface area (Å²) in [6, 6.07) is 32.1. The number of piperazine rings is 5. The van der Waals surface area contributed by atoms with E-state index < -0.39 is 0 Å². The second-order valence-electron chi connectivity index (χ2n) is 24.1. The molecule has 0 aromatic heterocycles. The molecular formula is C72H115Br3Cl8N14. The van der Waals surface area contributed by atoms with Crippen LogP contribution in [0.4, 0.5) is 28.4 Å². The zero-order chi connectivity index (χ0) is 69.2.